The van der Waals surface area contributed by atoms with Gasteiger partial charge >= 0.3 is 5.97 Å². The van der Waals surface area contributed by atoms with E-state index < -0.39 is 5.97 Å². The topological polar surface area (TPSA) is 53.4 Å². The van der Waals surface area contributed by atoms with Crippen LogP contribution in [-0.2, 0) is 11.3 Å². The van der Waals surface area contributed by atoms with Gasteiger partial charge in [0.2, 0.25) is 0 Å². The molecule has 2 heterocycles. The maximum Gasteiger partial charge on any atom is 0.307 e. The van der Waals surface area contributed by atoms with E-state index in [0.717, 1.165) is 42.2 Å². The summed E-state index contributed by atoms with van der Waals surface area (Å²) in [6.07, 6.45) is 1.74. The number of nitrogens with zero attached hydrogens (tertiary/aromatic N) is 2. The summed E-state index contributed by atoms with van der Waals surface area (Å²) in [4.78, 5) is 18.0. The normalized spacial score (nSPS) is 19.5. The molecule has 2 aromatic rings. The summed E-state index contributed by atoms with van der Waals surface area (Å²) in [6.45, 7) is 2.35. The molecule has 1 aliphatic heterocycles. The van der Waals surface area contributed by atoms with E-state index in [2.05, 4.69) is 27.4 Å². The molecule has 0 amide bonds. The Morgan fingerprint density at radius 1 is 1.38 bits per heavy atom. The van der Waals surface area contributed by atoms with E-state index in [-0.39, 0.29) is 5.92 Å². The van der Waals surface area contributed by atoms with E-state index >= 15 is 0 Å². The van der Waals surface area contributed by atoms with Crippen LogP contribution in [0.25, 0.3) is 11.3 Å². The van der Waals surface area contributed by atoms with Crippen molar-refractivity contribution >= 4 is 17.3 Å². The van der Waals surface area contributed by atoms with Gasteiger partial charge in [-0.15, -0.1) is 11.3 Å². The van der Waals surface area contributed by atoms with Gasteiger partial charge in [-0.25, -0.2) is 4.98 Å². The molecule has 0 aliphatic carbocycles. The molecule has 110 valence electrons. The Balaban J connectivity index is 1.66. The van der Waals surface area contributed by atoms with Gasteiger partial charge in [0.15, 0.2) is 0 Å². The third-order valence-corrected chi connectivity index (χ3v) is 4.67. The van der Waals surface area contributed by atoms with Gasteiger partial charge < -0.3 is 5.11 Å². The zero-order valence-electron chi connectivity index (χ0n) is 11.7. The highest BCUT2D eigenvalue weighted by Crippen LogP contribution is 2.24. The molecule has 0 radical (unpaired) electrons. The summed E-state index contributed by atoms with van der Waals surface area (Å²) < 4.78 is 0. The lowest BCUT2D eigenvalue weighted by molar-refractivity contribution is -0.143. The second-order valence-corrected chi connectivity index (χ2v) is 6.35. The van der Waals surface area contributed by atoms with Gasteiger partial charge in [-0.05, 0) is 19.4 Å². The average molecular weight is 302 g/mol. The Morgan fingerprint density at radius 2 is 2.19 bits per heavy atom. The SMILES string of the molecule is O=C(O)C1CCCN(Cc2nc(-c3ccccc3)cs2)C1. The number of rotatable bonds is 4. The third-order valence-electron chi connectivity index (χ3n) is 3.83. The monoisotopic (exact) mass is 302 g/mol. The number of carboxylic acid groups (broad SMARTS) is 1. The molecule has 1 atom stereocenters. The molecule has 0 spiro atoms. The molecule has 4 nitrogen and oxygen atoms in total. The van der Waals surface area contributed by atoms with Gasteiger partial charge in [-0.1, -0.05) is 30.3 Å². The summed E-state index contributed by atoms with van der Waals surface area (Å²) in [6, 6.07) is 10.1. The Kier molecular flexibility index (Phi) is 4.31. The van der Waals surface area contributed by atoms with Crippen molar-refractivity contribution in [2.45, 2.75) is 19.4 Å². The minimum Gasteiger partial charge on any atom is -0.481 e. The van der Waals surface area contributed by atoms with Crippen LogP contribution in [0.5, 0.6) is 0 Å². The molecular weight excluding hydrogens is 284 g/mol. The van der Waals surface area contributed by atoms with E-state index in [4.69, 9.17) is 5.11 Å². The highest BCUT2D eigenvalue weighted by atomic mass is 32.1. The lowest BCUT2D eigenvalue weighted by atomic mass is 9.98. The molecule has 1 N–H and O–H groups in total. The Bertz CT molecular complexity index is 612. The summed E-state index contributed by atoms with van der Waals surface area (Å²) in [7, 11) is 0. The van der Waals surface area contributed by atoms with Gasteiger partial charge in [0, 0.05) is 17.5 Å². The number of benzene rings is 1. The van der Waals surface area contributed by atoms with E-state index in [9.17, 15) is 4.79 Å². The molecular formula is C16H18N2O2S. The lowest BCUT2D eigenvalue weighted by Crippen LogP contribution is -2.38. The Labute approximate surface area is 128 Å². The number of hydrogen-bond acceptors (Lipinski definition) is 4. The number of hydrogen-bond donors (Lipinski definition) is 1. The molecule has 3 rings (SSSR count). The molecule has 1 aliphatic rings. The van der Waals surface area contributed by atoms with Crippen LogP contribution < -0.4 is 0 Å². The van der Waals surface area contributed by atoms with E-state index in [0.29, 0.717) is 6.54 Å². The molecule has 1 fully saturated rings. The average Bonchev–Trinajstić information content (AvgIpc) is 2.97. The van der Waals surface area contributed by atoms with Crippen molar-refractivity contribution in [3.63, 3.8) is 0 Å². The van der Waals surface area contributed by atoms with E-state index in [1.165, 1.54) is 0 Å². The summed E-state index contributed by atoms with van der Waals surface area (Å²) >= 11 is 1.65. The van der Waals surface area contributed by atoms with Crippen LogP contribution in [0, 0.1) is 5.92 Å². The Hall–Kier alpha value is -1.72. The fraction of sp³-hybridized carbons (Fsp3) is 0.375. The van der Waals surface area contributed by atoms with Crippen molar-refractivity contribution < 1.29 is 9.90 Å². The first kappa shape index (κ1) is 14.2. The predicted octanol–water partition coefficient (Wildman–Crippen LogP) is 3.11. The quantitative estimate of drug-likeness (QED) is 0.943. The van der Waals surface area contributed by atoms with Crippen LogP contribution in [0.1, 0.15) is 17.8 Å². The molecule has 5 heteroatoms. The van der Waals surface area contributed by atoms with Crippen molar-refractivity contribution in [3.8, 4) is 11.3 Å². The van der Waals surface area contributed by atoms with Gasteiger partial charge in [-0.3, -0.25) is 9.69 Å². The highest BCUT2D eigenvalue weighted by Gasteiger charge is 2.25. The number of carboxylic acids is 1. The molecule has 21 heavy (non-hydrogen) atoms. The smallest absolute Gasteiger partial charge is 0.307 e. The van der Waals surface area contributed by atoms with Crippen molar-refractivity contribution in [2.24, 2.45) is 5.92 Å². The van der Waals surface area contributed by atoms with Crippen LogP contribution >= 0.6 is 11.3 Å². The number of piperidine rings is 1. The van der Waals surface area contributed by atoms with Gasteiger partial charge in [0.25, 0.3) is 0 Å². The molecule has 1 unspecified atom stereocenters. The zero-order valence-corrected chi connectivity index (χ0v) is 12.6. The van der Waals surface area contributed by atoms with Gasteiger partial charge in [-0.2, -0.15) is 0 Å². The summed E-state index contributed by atoms with van der Waals surface area (Å²) in [5.41, 5.74) is 2.13. The number of aromatic nitrogens is 1. The fourth-order valence-corrected chi connectivity index (χ4v) is 3.56. The lowest BCUT2D eigenvalue weighted by Gasteiger charge is -2.29. The number of aliphatic carboxylic acids is 1. The number of carbonyl (C=O) groups is 1. The van der Waals surface area contributed by atoms with Crippen molar-refractivity contribution in [1.82, 2.24) is 9.88 Å². The second-order valence-electron chi connectivity index (χ2n) is 5.41. The number of likely N-dealkylation sites (tertiary alicyclic amines) is 1. The van der Waals surface area contributed by atoms with Gasteiger partial charge in [0.1, 0.15) is 5.01 Å². The molecule has 1 aromatic heterocycles. The third kappa shape index (κ3) is 3.49. The zero-order chi connectivity index (χ0) is 14.7. The van der Waals surface area contributed by atoms with Crippen LogP contribution in [-0.4, -0.2) is 34.0 Å². The molecule has 1 aromatic carbocycles. The van der Waals surface area contributed by atoms with Crippen molar-refractivity contribution in [3.05, 3.63) is 40.7 Å². The Morgan fingerprint density at radius 3 is 2.95 bits per heavy atom. The maximum absolute atomic E-state index is 11.1. The largest absolute Gasteiger partial charge is 0.481 e. The van der Waals surface area contributed by atoms with Gasteiger partial charge in [0.05, 0.1) is 18.2 Å². The van der Waals surface area contributed by atoms with Crippen LogP contribution in [0.15, 0.2) is 35.7 Å². The maximum atomic E-state index is 11.1. The first-order valence-electron chi connectivity index (χ1n) is 7.17. The minimum atomic E-state index is -0.677. The van der Waals surface area contributed by atoms with Crippen LogP contribution in [0.4, 0.5) is 0 Å². The van der Waals surface area contributed by atoms with Crippen LogP contribution in [0.2, 0.25) is 0 Å². The van der Waals surface area contributed by atoms with Crippen molar-refractivity contribution in [1.29, 1.82) is 0 Å². The number of thiazole rings is 1. The predicted molar refractivity (Wildman–Crippen MR) is 83.2 cm³/mol. The minimum absolute atomic E-state index is 0.229. The highest BCUT2D eigenvalue weighted by molar-refractivity contribution is 7.09. The van der Waals surface area contributed by atoms with Crippen molar-refractivity contribution in [2.75, 3.05) is 13.1 Å². The molecule has 0 saturated carbocycles. The van der Waals surface area contributed by atoms with Crippen LogP contribution in [0.3, 0.4) is 0 Å². The second kappa shape index (κ2) is 6.37. The first-order chi connectivity index (χ1) is 10.2. The summed E-state index contributed by atoms with van der Waals surface area (Å²) in [5.74, 6) is -0.906. The van der Waals surface area contributed by atoms with E-state index in [1.807, 2.05) is 18.2 Å². The fourth-order valence-electron chi connectivity index (χ4n) is 2.72. The van der Waals surface area contributed by atoms with E-state index in [1.54, 1.807) is 11.3 Å². The first-order valence-corrected chi connectivity index (χ1v) is 8.05. The summed E-state index contributed by atoms with van der Waals surface area (Å²) in [5, 5.41) is 12.3. The molecule has 0 bridgehead atoms. The molecule has 1 saturated heterocycles. The standard InChI is InChI=1S/C16H18N2O2S/c19-16(20)13-7-4-8-18(9-13)10-15-17-14(11-21-15)12-5-2-1-3-6-12/h1-3,5-6,11,13H,4,7-10H2,(H,19,20).